The van der Waals surface area contributed by atoms with Crippen LogP contribution in [0.2, 0.25) is 0 Å². The van der Waals surface area contributed by atoms with E-state index in [-0.39, 0.29) is 18.0 Å². The summed E-state index contributed by atoms with van der Waals surface area (Å²) in [4.78, 5) is 26.7. The van der Waals surface area contributed by atoms with Gasteiger partial charge < -0.3 is 4.74 Å². The van der Waals surface area contributed by atoms with E-state index in [2.05, 4.69) is 6.07 Å². The average molecular weight is 330 g/mol. The lowest BCUT2D eigenvalue weighted by Crippen LogP contribution is -2.32. The van der Waals surface area contributed by atoms with Crippen molar-refractivity contribution in [1.82, 2.24) is 4.90 Å². The lowest BCUT2D eigenvalue weighted by atomic mass is 9.96. The average Bonchev–Trinajstić information content (AvgIpc) is 3.15. The summed E-state index contributed by atoms with van der Waals surface area (Å²) in [5.41, 5.74) is 1.78. The van der Waals surface area contributed by atoms with E-state index in [1.165, 1.54) is 4.90 Å². The summed E-state index contributed by atoms with van der Waals surface area (Å²) < 4.78 is 5.77. The molecule has 0 radical (unpaired) electrons. The molecule has 2 aliphatic heterocycles. The first-order valence-corrected chi connectivity index (χ1v) is 7.96. The third-order valence-corrected chi connectivity index (χ3v) is 4.48. The number of nitriles is 1. The predicted molar refractivity (Wildman–Crippen MR) is 89.3 cm³/mol. The second kappa shape index (κ2) is 5.91. The molecule has 2 heterocycles. The second-order valence-corrected chi connectivity index (χ2v) is 5.98. The summed E-state index contributed by atoms with van der Waals surface area (Å²) in [5, 5.41) is 9.55. The van der Waals surface area contributed by atoms with E-state index in [4.69, 9.17) is 4.74 Å². The highest BCUT2D eigenvalue weighted by Crippen LogP contribution is 2.42. The molecule has 0 N–H and O–H groups in total. The first-order chi connectivity index (χ1) is 12.2. The Labute approximate surface area is 144 Å². The Morgan fingerprint density at radius 3 is 2.24 bits per heavy atom. The Kier molecular flexibility index (Phi) is 3.58. The SMILES string of the molecule is N#CC1=C(c2ccccc2)O[C@@H]2C(=O)N(Cc3ccccc3)C(=O)[C@H]12. The molecule has 0 aromatic heterocycles. The summed E-state index contributed by atoms with van der Waals surface area (Å²) in [5.74, 6) is -1.28. The van der Waals surface area contributed by atoms with Crippen LogP contribution in [0, 0.1) is 17.2 Å². The minimum absolute atomic E-state index is 0.189. The number of carbonyl (C=O) groups excluding carboxylic acids is 2. The molecule has 0 saturated carbocycles. The fraction of sp³-hybridized carbons (Fsp3) is 0.150. The van der Waals surface area contributed by atoms with Crippen LogP contribution in [0.25, 0.3) is 5.76 Å². The lowest BCUT2D eigenvalue weighted by molar-refractivity contribution is -0.141. The number of carbonyl (C=O) groups is 2. The van der Waals surface area contributed by atoms with E-state index in [0.717, 1.165) is 5.56 Å². The second-order valence-electron chi connectivity index (χ2n) is 5.98. The van der Waals surface area contributed by atoms with Crippen molar-refractivity contribution in [2.75, 3.05) is 0 Å². The quantitative estimate of drug-likeness (QED) is 0.811. The molecule has 0 aliphatic carbocycles. The van der Waals surface area contributed by atoms with Crippen molar-refractivity contribution in [3.05, 3.63) is 77.4 Å². The molecule has 0 unspecified atom stereocenters. The Morgan fingerprint density at radius 2 is 1.60 bits per heavy atom. The van der Waals surface area contributed by atoms with Crippen molar-refractivity contribution in [1.29, 1.82) is 5.26 Å². The van der Waals surface area contributed by atoms with Gasteiger partial charge in [-0.1, -0.05) is 60.7 Å². The first-order valence-electron chi connectivity index (χ1n) is 7.96. The fourth-order valence-electron chi connectivity index (χ4n) is 3.28. The van der Waals surface area contributed by atoms with Crippen LogP contribution in [0.4, 0.5) is 0 Å². The molecule has 5 heteroatoms. The maximum atomic E-state index is 12.8. The van der Waals surface area contributed by atoms with Gasteiger partial charge in [-0.25, -0.2) is 0 Å². The highest BCUT2D eigenvalue weighted by atomic mass is 16.5. The number of benzene rings is 2. The van der Waals surface area contributed by atoms with Crippen molar-refractivity contribution in [2.24, 2.45) is 5.92 Å². The molecule has 5 nitrogen and oxygen atoms in total. The van der Waals surface area contributed by atoms with Crippen LogP contribution in [-0.2, 0) is 20.9 Å². The predicted octanol–water partition coefficient (Wildman–Crippen LogP) is 2.51. The Morgan fingerprint density at radius 1 is 0.960 bits per heavy atom. The van der Waals surface area contributed by atoms with E-state index >= 15 is 0 Å². The first kappa shape index (κ1) is 15.2. The number of fused-ring (bicyclic) bond motifs is 1. The van der Waals surface area contributed by atoms with Crippen LogP contribution in [0.15, 0.2) is 66.2 Å². The van der Waals surface area contributed by atoms with Crippen LogP contribution in [0.5, 0.6) is 0 Å². The fourth-order valence-corrected chi connectivity index (χ4v) is 3.28. The van der Waals surface area contributed by atoms with Crippen LogP contribution in [0.3, 0.4) is 0 Å². The standard InChI is InChI=1S/C20H14N2O3/c21-11-15-16-18(25-17(15)14-9-5-2-6-10-14)20(24)22(19(16)23)12-13-7-3-1-4-8-13/h1-10,16,18H,12H2/t16-,18+/m1/s1. The van der Waals surface area contributed by atoms with E-state index in [1.54, 1.807) is 12.1 Å². The largest absolute Gasteiger partial charge is 0.478 e. The highest BCUT2D eigenvalue weighted by Gasteiger charge is 2.56. The third-order valence-electron chi connectivity index (χ3n) is 4.48. The number of nitrogens with zero attached hydrogens (tertiary/aromatic N) is 2. The molecular weight excluding hydrogens is 316 g/mol. The summed E-state index contributed by atoms with van der Waals surface area (Å²) in [6.45, 7) is 0.189. The Balaban J connectivity index is 1.67. The maximum absolute atomic E-state index is 12.8. The van der Waals surface area contributed by atoms with Crippen molar-refractivity contribution in [3.8, 4) is 6.07 Å². The normalized spacial score (nSPS) is 22.0. The van der Waals surface area contributed by atoms with Gasteiger partial charge in [-0.05, 0) is 5.56 Å². The summed E-state index contributed by atoms with van der Waals surface area (Å²) in [7, 11) is 0. The molecule has 1 fully saturated rings. The van der Waals surface area contributed by atoms with Gasteiger partial charge in [0.1, 0.15) is 11.7 Å². The van der Waals surface area contributed by atoms with Crippen LogP contribution in [-0.4, -0.2) is 22.8 Å². The maximum Gasteiger partial charge on any atom is 0.271 e. The van der Waals surface area contributed by atoms with Crippen LogP contribution >= 0.6 is 0 Å². The van der Waals surface area contributed by atoms with E-state index in [1.807, 2.05) is 48.5 Å². The monoisotopic (exact) mass is 330 g/mol. The van der Waals surface area contributed by atoms with E-state index in [0.29, 0.717) is 11.3 Å². The summed E-state index contributed by atoms with van der Waals surface area (Å²) in [6, 6.07) is 20.4. The molecular formula is C20H14N2O3. The van der Waals surface area contributed by atoms with Crippen LogP contribution < -0.4 is 0 Å². The van der Waals surface area contributed by atoms with Crippen molar-refractivity contribution in [3.63, 3.8) is 0 Å². The van der Waals surface area contributed by atoms with Crippen LogP contribution in [0.1, 0.15) is 11.1 Å². The molecule has 25 heavy (non-hydrogen) atoms. The Hall–Kier alpha value is -3.39. The molecule has 2 atom stereocenters. The van der Waals surface area contributed by atoms with Gasteiger partial charge in [0, 0.05) is 5.56 Å². The molecule has 2 amide bonds. The van der Waals surface area contributed by atoms with Gasteiger partial charge >= 0.3 is 0 Å². The van der Waals surface area contributed by atoms with Gasteiger partial charge in [0.15, 0.2) is 6.10 Å². The number of amides is 2. The zero-order chi connectivity index (χ0) is 17.4. The van der Waals surface area contributed by atoms with Gasteiger partial charge in [0.2, 0.25) is 5.91 Å². The molecule has 122 valence electrons. The van der Waals surface area contributed by atoms with Gasteiger partial charge in [-0.3, -0.25) is 14.5 Å². The molecule has 0 spiro atoms. The van der Waals surface area contributed by atoms with Crippen molar-refractivity contribution < 1.29 is 14.3 Å². The number of hydrogen-bond acceptors (Lipinski definition) is 4. The van der Waals surface area contributed by atoms with E-state index < -0.39 is 17.9 Å². The van der Waals surface area contributed by atoms with Gasteiger partial charge in [0.25, 0.3) is 5.91 Å². The molecule has 2 aromatic rings. The summed E-state index contributed by atoms with van der Waals surface area (Å²) in [6.07, 6.45) is -0.943. The minimum atomic E-state index is -0.943. The highest BCUT2D eigenvalue weighted by molar-refractivity contribution is 6.10. The summed E-state index contributed by atoms with van der Waals surface area (Å²) >= 11 is 0. The molecule has 1 saturated heterocycles. The number of rotatable bonds is 3. The number of imide groups is 1. The third kappa shape index (κ3) is 2.39. The zero-order valence-electron chi connectivity index (χ0n) is 13.3. The number of ether oxygens (including phenoxy) is 1. The van der Waals surface area contributed by atoms with Crippen molar-refractivity contribution >= 4 is 17.6 Å². The minimum Gasteiger partial charge on any atom is -0.478 e. The smallest absolute Gasteiger partial charge is 0.271 e. The lowest BCUT2D eigenvalue weighted by Gasteiger charge is -2.16. The topological polar surface area (TPSA) is 70.4 Å². The van der Waals surface area contributed by atoms with Crippen molar-refractivity contribution in [2.45, 2.75) is 12.6 Å². The van der Waals surface area contributed by atoms with Gasteiger partial charge in [0.05, 0.1) is 18.2 Å². The Bertz CT molecular complexity index is 913. The molecule has 0 bridgehead atoms. The van der Waals surface area contributed by atoms with Gasteiger partial charge in [-0.15, -0.1) is 0 Å². The molecule has 4 rings (SSSR count). The number of hydrogen-bond donors (Lipinski definition) is 0. The molecule has 2 aromatic carbocycles. The zero-order valence-corrected chi connectivity index (χ0v) is 13.3. The number of likely N-dealkylation sites (tertiary alicyclic amines) is 1. The van der Waals surface area contributed by atoms with Gasteiger partial charge in [-0.2, -0.15) is 5.26 Å². The molecule has 2 aliphatic rings. The van der Waals surface area contributed by atoms with E-state index in [9.17, 15) is 14.9 Å².